The van der Waals surface area contributed by atoms with Crippen molar-refractivity contribution in [3.05, 3.63) is 0 Å². The van der Waals surface area contributed by atoms with E-state index in [1.54, 1.807) is 11.8 Å². The first-order chi connectivity index (χ1) is 8.83. The number of amides is 2. The number of nitrogens with zero attached hydrogens (tertiary/aromatic N) is 2. The van der Waals surface area contributed by atoms with Gasteiger partial charge in [-0.2, -0.15) is 0 Å². The summed E-state index contributed by atoms with van der Waals surface area (Å²) >= 11 is 0. The van der Waals surface area contributed by atoms with Crippen LogP contribution in [-0.2, 0) is 4.79 Å². The fraction of sp³-hybridized carbons (Fsp3) is 0.857. The van der Waals surface area contributed by atoms with E-state index >= 15 is 0 Å². The Balaban J connectivity index is 2.02. The van der Waals surface area contributed by atoms with Gasteiger partial charge in [-0.05, 0) is 31.6 Å². The molecular weight excluding hydrogens is 244 g/mol. The lowest BCUT2D eigenvalue weighted by Crippen LogP contribution is -2.52. The zero-order valence-corrected chi connectivity index (χ0v) is 12.1. The van der Waals surface area contributed by atoms with E-state index in [1.807, 2.05) is 4.90 Å². The predicted octanol–water partition coefficient (Wildman–Crippen LogP) is 1.88. The molecule has 3 unspecified atom stereocenters. The van der Waals surface area contributed by atoms with Gasteiger partial charge < -0.3 is 14.9 Å². The second-order valence-corrected chi connectivity index (χ2v) is 6.53. The van der Waals surface area contributed by atoms with Crippen LogP contribution in [0.3, 0.4) is 0 Å². The van der Waals surface area contributed by atoms with Crippen molar-refractivity contribution in [2.75, 3.05) is 26.2 Å². The monoisotopic (exact) mass is 268 g/mol. The largest absolute Gasteiger partial charge is 0.481 e. The van der Waals surface area contributed by atoms with Crippen molar-refractivity contribution in [3.63, 3.8) is 0 Å². The van der Waals surface area contributed by atoms with Crippen molar-refractivity contribution >= 4 is 12.0 Å². The summed E-state index contributed by atoms with van der Waals surface area (Å²) < 4.78 is 0. The first-order valence-corrected chi connectivity index (χ1v) is 7.11. The van der Waals surface area contributed by atoms with Crippen LogP contribution in [-0.4, -0.2) is 53.1 Å². The second kappa shape index (κ2) is 5.02. The number of hydrogen-bond acceptors (Lipinski definition) is 2. The first-order valence-electron chi connectivity index (χ1n) is 7.11. The van der Waals surface area contributed by atoms with Crippen LogP contribution in [0.5, 0.6) is 0 Å². The Labute approximate surface area is 114 Å². The molecular formula is C14H24N2O3. The number of aliphatic carboxylic acids is 1. The topological polar surface area (TPSA) is 60.9 Å². The molecule has 2 rings (SSSR count). The fourth-order valence-electron chi connectivity index (χ4n) is 3.06. The van der Waals surface area contributed by atoms with Crippen molar-refractivity contribution in [3.8, 4) is 0 Å². The molecule has 0 aromatic rings. The summed E-state index contributed by atoms with van der Waals surface area (Å²) in [4.78, 5) is 27.4. The number of urea groups is 1. The van der Waals surface area contributed by atoms with E-state index in [0.717, 1.165) is 19.5 Å². The van der Waals surface area contributed by atoms with Crippen LogP contribution in [0, 0.1) is 17.3 Å². The van der Waals surface area contributed by atoms with Gasteiger partial charge in [0.2, 0.25) is 0 Å². The lowest BCUT2D eigenvalue weighted by Gasteiger charge is -2.39. The maximum absolute atomic E-state index is 12.5. The highest BCUT2D eigenvalue weighted by Gasteiger charge is 2.41. The van der Waals surface area contributed by atoms with Gasteiger partial charge in [-0.25, -0.2) is 4.79 Å². The molecule has 0 aliphatic carbocycles. The molecule has 5 nitrogen and oxygen atoms in total. The summed E-state index contributed by atoms with van der Waals surface area (Å²) in [6, 6.07) is 0.0170. The lowest BCUT2D eigenvalue weighted by molar-refractivity contribution is -0.150. The van der Waals surface area contributed by atoms with Gasteiger partial charge in [0.25, 0.3) is 0 Å². The second-order valence-electron chi connectivity index (χ2n) is 6.53. The standard InChI is InChI=1S/C14H24N2O3/c1-10-7-16(8-11(10)2)13(19)15-6-4-5-14(3,9-15)12(17)18/h10-11H,4-9H2,1-3H3,(H,17,18). The van der Waals surface area contributed by atoms with Gasteiger partial charge in [-0.3, -0.25) is 4.79 Å². The van der Waals surface area contributed by atoms with Crippen LogP contribution >= 0.6 is 0 Å². The molecule has 5 heteroatoms. The predicted molar refractivity (Wildman–Crippen MR) is 71.8 cm³/mol. The van der Waals surface area contributed by atoms with Crippen molar-refractivity contribution in [2.45, 2.75) is 33.6 Å². The van der Waals surface area contributed by atoms with Gasteiger partial charge in [-0.1, -0.05) is 13.8 Å². The van der Waals surface area contributed by atoms with E-state index in [1.165, 1.54) is 0 Å². The Bertz CT molecular complexity index is 375. The molecule has 2 amide bonds. The normalized spacial score (nSPS) is 35.5. The molecule has 2 heterocycles. The third kappa shape index (κ3) is 2.69. The lowest BCUT2D eigenvalue weighted by atomic mass is 9.82. The molecule has 0 saturated carbocycles. The molecule has 0 aromatic heterocycles. The minimum Gasteiger partial charge on any atom is -0.481 e. The quantitative estimate of drug-likeness (QED) is 0.790. The van der Waals surface area contributed by atoms with Crippen LogP contribution in [0.2, 0.25) is 0 Å². The average molecular weight is 268 g/mol. The molecule has 0 radical (unpaired) electrons. The molecule has 108 valence electrons. The van der Waals surface area contributed by atoms with Crippen molar-refractivity contribution in [1.82, 2.24) is 9.80 Å². The molecule has 2 saturated heterocycles. The third-order valence-corrected chi connectivity index (χ3v) is 4.74. The van der Waals surface area contributed by atoms with Crippen LogP contribution in [0.4, 0.5) is 4.79 Å². The highest BCUT2D eigenvalue weighted by molar-refractivity contribution is 5.78. The van der Waals surface area contributed by atoms with E-state index in [9.17, 15) is 14.7 Å². The van der Waals surface area contributed by atoms with Crippen molar-refractivity contribution < 1.29 is 14.7 Å². The summed E-state index contributed by atoms with van der Waals surface area (Å²) in [6.07, 6.45) is 1.42. The smallest absolute Gasteiger partial charge is 0.320 e. The van der Waals surface area contributed by atoms with Crippen LogP contribution in [0.25, 0.3) is 0 Å². The van der Waals surface area contributed by atoms with Crippen LogP contribution in [0.1, 0.15) is 33.6 Å². The van der Waals surface area contributed by atoms with Crippen molar-refractivity contribution in [1.29, 1.82) is 0 Å². The van der Waals surface area contributed by atoms with Crippen LogP contribution < -0.4 is 0 Å². The summed E-state index contributed by atoms with van der Waals surface area (Å²) in [5, 5.41) is 9.29. The number of rotatable bonds is 1. The van der Waals surface area contributed by atoms with Gasteiger partial charge in [-0.15, -0.1) is 0 Å². The zero-order chi connectivity index (χ0) is 14.2. The minimum atomic E-state index is -0.798. The SMILES string of the molecule is CC1CN(C(=O)N2CCCC(C)(C(=O)O)C2)CC1C. The number of carboxylic acids is 1. The molecule has 19 heavy (non-hydrogen) atoms. The number of likely N-dealkylation sites (tertiary alicyclic amines) is 2. The summed E-state index contributed by atoms with van der Waals surface area (Å²) in [7, 11) is 0. The maximum atomic E-state index is 12.5. The van der Waals surface area contributed by atoms with Crippen molar-refractivity contribution in [2.24, 2.45) is 17.3 Å². The zero-order valence-electron chi connectivity index (χ0n) is 12.1. The fourth-order valence-corrected chi connectivity index (χ4v) is 3.06. The van der Waals surface area contributed by atoms with Gasteiger partial charge in [0.05, 0.1) is 5.41 Å². The summed E-state index contributed by atoms with van der Waals surface area (Å²) in [5.41, 5.74) is -0.787. The van der Waals surface area contributed by atoms with E-state index < -0.39 is 11.4 Å². The Morgan fingerprint density at radius 1 is 1.16 bits per heavy atom. The van der Waals surface area contributed by atoms with E-state index in [2.05, 4.69) is 13.8 Å². The number of carboxylic acid groups (broad SMARTS) is 1. The third-order valence-electron chi connectivity index (χ3n) is 4.74. The summed E-state index contributed by atoms with van der Waals surface area (Å²) in [5.74, 6) is 0.257. The number of piperidine rings is 1. The minimum absolute atomic E-state index is 0.0170. The highest BCUT2D eigenvalue weighted by Crippen LogP contribution is 2.31. The number of carbonyl (C=O) groups excluding carboxylic acids is 1. The van der Waals surface area contributed by atoms with Gasteiger partial charge in [0.15, 0.2) is 0 Å². The summed E-state index contributed by atoms with van der Waals surface area (Å²) in [6.45, 7) is 8.66. The van der Waals surface area contributed by atoms with Gasteiger partial charge in [0.1, 0.15) is 0 Å². The molecule has 2 aliphatic heterocycles. The van der Waals surface area contributed by atoms with Gasteiger partial charge in [0, 0.05) is 26.2 Å². The number of hydrogen-bond donors (Lipinski definition) is 1. The highest BCUT2D eigenvalue weighted by atomic mass is 16.4. The first kappa shape index (κ1) is 14.2. The van der Waals surface area contributed by atoms with E-state index in [4.69, 9.17) is 0 Å². The maximum Gasteiger partial charge on any atom is 0.320 e. The Morgan fingerprint density at radius 2 is 1.74 bits per heavy atom. The molecule has 3 atom stereocenters. The Hall–Kier alpha value is -1.26. The molecule has 0 spiro atoms. The van der Waals surface area contributed by atoms with Crippen LogP contribution in [0.15, 0.2) is 0 Å². The Morgan fingerprint density at radius 3 is 2.26 bits per heavy atom. The van der Waals surface area contributed by atoms with Gasteiger partial charge >= 0.3 is 12.0 Å². The Kier molecular flexibility index (Phi) is 3.74. The average Bonchev–Trinajstić information content (AvgIpc) is 2.68. The molecule has 0 aromatic carbocycles. The molecule has 2 fully saturated rings. The molecule has 2 aliphatic rings. The molecule has 1 N–H and O–H groups in total. The molecule has 0 bridgehead atoms. The number of carbonyl (C=O) groups is 2. The van der Waals surface area contributed by atoms with E-state index in [0.29, 0.717) is 31.3 Å². The van der Waals surface area contributed by atoms with E-state index in [-0.39, 0.29) is 6.03 Å².